The number of rotatable bonds is 7. The molecule has 0 radical (unpaired) electrons. The number of nitrogens with one attached hydrogen (secondary N) is 2. The van der Waals surface area contributed by atoms with Crippen LogP contribution in [0, 0.1) is 17.8 Å². The molecule has 2 amide bonds. The first-order chi connectivity index (χ1) is 15.5. The van der Waals surface area contributed by atoms with E-state index in [2.05, 4.69) is 10.6 Å². The van der Waals surface area contributed by atoms with Crippen molar-refractivity contribution in [2.24, 2.45) is 17.8 Å². The van der Waals surface area contributed by atoms with Crippen molar-refractivity contribution in [3.63, 3.8) is 0 Å². The lowest BCUT2D eigenvalue weighted by Crippen LogP contribution is -2.60. The number of carbonyl (C=O) groups excluding carboxylic acids is 2. The normalized spacial score (nSPS) is 27.7. The lowest BCUT2D eigenvalue weighted by molar-refractivity contribution is -0.124. The van der Waals surface area contributed by atoms with Crippen LogP contribution in [0.2, 0.25) is 0 Å². The largest absolute Gasteiger partial charge is 0.495 e. The molecule has 2 aromatic rings. The number of hydrogen-bond acceptors (Lipinski definition) is 4. The maximum Gasteiger partial charge on any atom is 0.256 e. The van der Waals surface area contributed by atoms with E-state index in [-0.39, 0.29) is 17.4 Å². The summed E-state index contributed by atoms with van der Waals surface area (Å²) in [4.78, 5) is 26.7. The molecular formula is C26H30N2O3S. The van der Waals surface area contributed by atoms with Crippen LogP contribution in [0.1, 0.15) is 48.9 Å². The molecule has 0 aliphatic heterocycles. The maximum atomic E-state index is 13.0. The molecule has 0 heterocycles. The molecule has 4 bridgehead atoms. The first-order valence-corrected chi connectivity index (χ1v) is 12.5. The number of para-hydroxylation sites is 2. The summed E-state index contributed by atoms with van der Waals surface area (Å²) in [7, 11) is 1.58. The van der Waals surface area contributed by atoms with E-state index in [1.54, 1.807) is 13.2 Å². The Kier molecular flexibility index (Phi) is 5.89. The summed E-state index contributed by atoms with van der Waals surface area (Å²) in [5, 5.41) is 6.35. The molecule has 5 nitrogen and oxygen atoms in total. The molecule has 0 saturated heterocycles. The van der Waals surface area contributed by atoms with Gasteiger partial charge >= 0.3 is 0 Å². The molecule has 4 aliphatic rings. The van der Waals surface area contributed by atoms with Gasteiger partial charge in [-0.3, -0.25) is 9.59 Å². The minimum Gasteiger partial charge on any atom is -0.495 e. The summed E-state index contributed by atoms with van der Waals surface area (Å²) in [5.74, 6) is 3.20. The molecule has 0 aromatic heterocycles. The van der Waals surface area contributed by atoms with E-state index in [1.807, 2.05) is 42.5 Å². The second-order valence-corrected chi connectivity index (χ2v) is 10.7. The Morgan fingerprint density at radius 2 is 1.59 bits per heavy atom. The van der Waals surface area contributed by atoms with Gasteiger partial charge in [0.2, 0.25) is 5.91 Å². The number of carbonyl (C=O) groups is 2. The fourth-order valence-electron chi connectivity index (χ4n) is 6.46. The molecule has 6 heteroatoms. The molecule has 0 unspecified atom stereocenters. The third-order valence-corrected chi connectivity index (χ3v) is 8.36. The number of ether oxygens (including phenoxy) is 1. The Labute approximate surface area is 193 Å². The molecule has 2 aromatic carbocycles. The van der Waals surface area contributed by atoms with Crippen LogP contribution in [-0.4, -0.2) is 30.2 Å². The van der Waals surface area contributed by atoms with Crippen LogP contribution in [0.4, 0.5) is 5.69 Å². The zero-order valence-corrected chi connectivity index (χ0v) is 19.3. The predicted molar refractivity (Wildman–Crippen MR) is 127 cm³/mol. The van der Waals surface area contributed by atoms with Crippen molar-refractivity contribution in [2.75, 3.05) is 18.2 Å². The van der Waals surface area contributed by atoms with Crippen LogP contribution in [0.5, 0.6) is 5.75 Å². The van der Waals surface area contributed by atoms with Crippen LogP contribution in [0.25, 0.3) is 0 Å². The van der Waals surface area contributed by atoms with Gasteiger partial charge in [-0.15, -0.1) is 11.8 Å². The summed E-state index contributed by atoms with van der Waals surface area (Å²) in [6.07, 6.45) is 7.52. The van der Waals surface area contributed by atoms with Gasteiger partial charge in [0.05, 0.1) is 24.1 Å². The van der Waals surface area contributed by atoms with E-state index in [9.17, 15) is 9.59 Å². The topological polar surface area (TPSA) is 67.4 Å². The van der Waals surface area contributed by atoms with E-state index in [1.165, 1.54) is 31.0 Å². The third kappa shape index (κ3) is 4.38. The SMILES string of the molecule is COc1ccccc1NC(=O)c1ccccc1SCC(=O)NC12CC3CC(CC(C3)C1)C2. The van der Waals surface area contributed by atoms with Crippen LogP contribution in [0.3, 0.4) is 0 Å². The zero-order valence-electron chi connectivity index (χ0n) is 18.4. The average molecular weight is 451 g/mol. The van der Waals surface area contributed by atoms with Crippen molar-refractivity contribution in [1.29, 1.82) is 0 Å². The van der Waals surface area contributed by atoms with Gasteiger partial charge in [0.1, 0.15) is 5.75 Å². The minimum atomic E-state index is -0.209. The van der Waals surface area contributed by atoms with E-state index in [0.29, 0.717) is 22.8 Å². The fourth-order valence-corrected chi connectivity index (χ4v) is 7.31. The van der Waals surface area contributed by atoms with Crippen molar-refractivity contribution in [3.8, 4) is 5.75 Å². The summed E-state index contributed by atoms with van der Waals surface area (Å²) >= 11 is 1.43. The Bertz CT molecular complexity index is 986. The molecule has 4 aliphatic carbocycles. The zero-order chi connectivity index (χ0) is 22.1. The van der Waals surface area contributed by atoms with Gasteiger partial charge in [0.25, 0.3) is 5.91 Å². The van der Waals surface area contributed by atoms with Gasteiger partial charge in [-0.2, -0.15) is 0 Å². The van der Waals surface area contributed by atoms with Crippen LogP contribution >= 0.6 is 11.8 Å². The summed E-state index contributed by atoms with van der Waals surface area (Å²) < 4.78 is 5.33. The number of thioether (sulfide) groups is 1. The Balaban J connectivity index is 1.23. The molecule has 4 saturated carbocycles. The molecule has 2 N–H and O–H groups in total. The highest BCUT2D eigenvalue weighted by Crippen LogP contribution is 2.55. The molecule has 168 valence electrons. The fraction of sp³-hybridized carbons (Fsp3) is 0.462. The Hall–Kier alpha value is -2.47. The summed E-state index contributed by atoms with van der Waals surface area (Å²) in [5.41, 5.74) is 1.21. The first kappa shape index (κ1) is 21.4. The Morgan fingerprint density at radius 1 is 0.969 bits per heavy atom. The van der Waals surface area contributed by atoms with Gasteiger partial charge in [-0.25, -0.2) is 0 Å². The molecular weight excluding hydrogens is 420 g/mol. The highest BCUT2D eigenvalue weighted by Gasteiger charge is 2.51. The Morgan fingerprint density at radius 3 is 2.28 bits per heavy atom. The summed E-state index contributed by atoms with van der Waals surface area (Å²) in [6.45, 7) is 0. The van der Waals surface area contributed by atoms with E-state index < -0.39 is 0 Å². The van der Waals surface area contributed by atoms with Gasteiger partial charge in [-0.05, 0) is 80.5 Å². The number of amides is 2. The van der Waals surface area contributed by atoms with Crippen LogP contribution in [0.15, 0.2) is 53.4 Å². The van der Waals surface area contributed by atoms with Gasteiger partial charge in [0.15, 0.2) is 0 Å². The quantitative estimate of drug-likeness (QED) is 0.574. The van der Waals surface area contributed by atoms with Crippen LogP contribution < -0.4 is 15.4 Å². The average Bonchev–Trinajstić information content (AvgIpc) is 2.77. The predicted octanol–water partition coefficient (Wildman–Crippen LogP) is 5.12. The molecule has 6 rings (SSSR count). The minimum absolute atomic E-state index is 0.0210. The van der Waals surface area contributed by atoms with Crippen molar-refractivity contribution >= 4 is 29.3 Å². The number of methoxy groups -OCH3 is 1. The molecule has 0 atom stereocenters. The van der Waals surface area contributed by atoms with Crippen LogP contribution in [-0.2, 0) is 4.79 Å². The van der Waals surface area contributed by atoms with Crippen molar-refractivity contribution in [2.45, 2.75) is 49.0 Å². The highest BCUT2D eigenvalue weighted by molar-refractivity contribution is 8.00. The molecule has 32 heavy (non-hydrogen) atoms. The lowest BCUT2D eigenvalue weighted by Gasteiger charge is -2.56. The van der Waals surface area contributed by atoms with Gasteiger partial charge in [-0.1, -0.05) is 24.3 Å². The highest BCUT2D eigenvalue weighted by atomic mass is 32.2. The monoisotopic (exact) mass is 450 g/mol. The van der Waals surface area contributed by atoms with E-state index in [0.717, 1.165) is 41.9 Å². The number of hydrogen-bond donors (Lipinski definition) is 2. The van der Waals surface area contributed by atoms with E-state index in [4.69, 9.17) is 4.74 Å². The van der Waals surface area contributed by atoms with Crippen molar-refractivity contribution < 1.29 is 14.3 Å². The maximum absolute atomic E-state index is 13.0. The van der Waals surface area contributed by atoms with Crippen molar-refractivity contribution in [3.05, 3.63) is 54.1 Å². The number of benzene rings is 2. The summed E-state index contributed by atoms with van der Waals surface area (Å²) in [6, 6.07) is 14.8. The third-order valence-electron chi connectivity index (χ3n) is 7.29. The molecule has 4 fully saturated rings. The second-order valence-electron chi connectivity index (χ2n) is 9.69. The lowest BCUT2D eigenvalue weighted by atomic mass is 9.53. The van der Waals surface area contributed by atoms with Gasteiger partial charge < -0.3 is 15.4 Å². The second kappa shape index (κ2) is 8.81. The standard InChI is InChI=1S/C26H30N2O3S/c1-31-22-8-4-3-7-21(22)27-25(30)20-6-2-5-9-23(20)32-16-24(29)28-26-13-17-10-18(14-26)12-19(11-17)15-26/h2-9,17-19H,10-16H2,1H3,(H,27,30)(H,28,29). The van der Waals surface area contributed by atoms with E-state index >= 15 is 0 Å². The number of anilines is 1. The molecule has 0 spiro atoms. The first-order valence-electron chi connectivity index (χ1n) is 11.5. The van der Waals surface area contributed by atoms with Gasteiger partial charge in [0, 0.05) is 10.4 Å². The smallest absolute Gasteiger partial charge is 0.256 e. The van der Waals surface area contributed by atoms with Crippen molar-refractivity contribution in [1.82, 2.24) is 5.32 Å².